The normalized spacial score (nSPS) is 17.0. The van der Waals surface area contributed by atoms with Crippen LogP contribution in [0.5, 0.6) is 0 Å². The Bertz CT molecular complexity index is 1510. The first-order chi connectivity index (χ1) is 19.0. The van der Waals surface area contributed by atoms with Gasteiger partial charge < -0.3 is 16.0 Å². The predicted octanol–water partition coefficient (Wildman–Crippen LogP) is 4.09. The summed E-state index contributed by atoms with van der Waals surface area (Å²) >= 11 is 0. The molecule has 4 heterocycles. The summed E-state index contributed by atoms with van der Waals surface area (Å²) in [7, 11) is 0. The first kappa shape index (κ1) is 25.1. The summed E-state index contributed by atoms with van der Waals surface area (Å²) in [6, 6.07) is 12.1. The molecule has 1 aliphatic heterocycles. The lowest BCUT2D eigenvalue weighted by Gasteiger charge is -2.31. The number of aromatic nitrogens is 5. The Kier molecular flexibility index (Phi) is 6.76. The lowest BCUT2D eigenvalue weighted by Crippen LogP contribution is -2.46. The first-order valence-electron chi connectivity index (χ1n) is 13.8. The topological polar surface area (TPSA) is 123 Å². The van der Waals surface area contributed by atoms with E-state index in [0.717, 1.165) is 53.7 Å². The summed E-state index contributed by atoms with van der Waals surface area (Å²) in [6.45, 7) is 2.92. The number of hydrogen-bond donors (Lipinski definition) is 2. The quantitative estimate of drug-likeness (QED) is 0.404. The van der Waals surface area contributed by atoms with Crippen LogP contribution in [0.25, 0.3) is 28.0 Å². The van der Waals surface area contributed by atoms with Crippen LogP contribution in [0.1, 0.15) is 68.3 Å². The number of benzene rings is 1. The molecule has 39 heavy (non-hydrogen) atoms. The van der Waals surface area contributed by atoms with Gasteiger partial charge in [-0.25, -0.2) is 9.50 Å². The standard InChI is InChI=1S/C29H34N8O2/c1-19(38)35-14-11-22(12-15-35)34-29(39)21-7-5-6-20(16-21)26-17-24(27-28(30)31-18-33-37(26)27)25-10-13-32-36(25)23-8-3-2-4-9-23/h5-7,10,13,16-18,22-23H,2-4,8-9,11-12,14-15H2,1H3,(H,34,39)(H2,30,31,33). The number of nitrogen functional groups attached to an aromatic ring is 1. The molecule has 2 fully saturated rings. The molecule has 2 amide bonds. The maximum Gasteiger partial charge on any atom is 0.251 e. The molecule has 202 valence electrons. The fourth-order valence-corrected chi connectivity index (χ4v) is 6.04. The van der Waals surface area contributed by atoms with Gasteiger partial charge in [-0.15, -0.1) is 0 Å². The van der Waals surface area contributed by atoms with E-state index in [1.807, 2.05) is 45.9 Å². The molecule has 10 heteroatoms. The number of carbonyl (C=O) groups is 2. The second kappa shape index (κ2) is 10.5. The van der Waals surface area contributed by atoms with Gasteiger partial charge in [-0.3, -0.25) is 14.3 Å². The molecular weight excluding hydrogens is 492 g/mol. The number of amides is 2. The number of fused-ring (bicyclic) bond motifs is 1. The van der Waals surface area contributed by atoms with Crippen LogP contribution in [0.4, 0.5) is 5.82 Å². The van der Waals surface area contributed by atoms with Gasteiger partial charge >= 0.3 is 0 Å². The molecule has 3 aromatic heterocycles. The van der Waals surface area contributed by atoms with Gasteiger partial charge in [-0.1, -0.05) is 31.4 Å². The van der Waals surface area contributed by atoms with Crippen LogP contribution in [0.2, 0.25) is 0 Å². The van der Waals surface area contributed by atoms with E-state index in [-0.39, 0.29) is 17.9 Å². The van der Waals surface area contributed by atoms with Crippen LogP contribution < -0.4 is 11.1 Å². The minimum absolute atomic E-state index is 0.0464. The lowest BCUT2D eigenvalue weighted by molar-refractivity contribution is -0.129. The molecule has 0 bridgehead atoms. The average Bonchev–Trinajstić information content (AvgIpc) is 3.60. The lowest BCUT2D eigenvalue weighted by atomic mass is 9.95. The Morgan fingerprint density at radius 2 is 1.77 bits per heavy atom. The number of hydrogen-bond acceptors (Lipinski definition) is 6. The zero-order valence-electron chi connectivity index (χ0n) is 22.2. The largest absolute Gasteiger partial charge is 0.382 e. The van der Waals surface area contributed by atoms with Gasteiger partial charge in [0.15, 0.2) is 5.82 Å². The minimum atomic E-state index is -0.122. The highest BCUT2D eigenvalue weighted by atomic mass is 16.2. The van der Waals surface area contributed by atoms with E-state index in [2.05, 4.69) is 26.1 Å². The number of anilines is 1. The van der Waals surface area contributed by atoms with Crippen molar-refractivity contribution in [3.8, 4) is 22.5 Å². The smallest absolute Gasteiger partial charge is 0.251 e. The van der Waals surface area contributed by atoms with Gasteiger partial charge in [0.2, 0.25) is 5.91 Å². The summed E-state index contributed by atoms with van der Waals surface area (Å²) in [5.41, 5.74) is 11.3. The van der Waals surface area contributed by atoms with Crippen LogP contribution in [0, 0.1) is 0 Å². The summed E-state index contributed by atoms with van der Waals surface area (Å²) in [6.07, 6.45) is 10.7. The molecule has 1 saturated heterocycles. The van der Waals surface area contributed by atoms with E-state index in [1.54, 1.807) is 6.92 Å². The van der Waals surface area contributed by atoms with Crippen molar-refractivity contribution in [2.45, 2.75) is 64.0 Å². The number of piperidine rings is 1. The maximum atomic E-state index is 13.2. The number of likely N-dealkylation sites (tertiary alicyclic amines) is 1. The summed E-state index contributed by atoms with van der Waals surface area (Å²) in [5, 5.41) is 12.4. The Hall–Kier alpha value is -4.21. The highest BCUT2D eigenvalue weighted by Gasteiger charge is 2.25. The van der Waals surface area contributed by atoms with E-state index in [4.69, 9.17) is 10.8 Å². The van der Waals surface area contributed by atoms with E-state index >= 15 is 0 Å². The third kappa shape index (κ3) is 4.86. The van der Waals surface area contributed by atoms with E-state index in [9.17, 15) is 9.59 Å². The highest BCUT2D eigenvalue weighted by Crippen LogP contribution is 2.38. The molecule has 1 aliphatic carbocycles. The molecule has 1 saturated carbocycles. The van der Waals surface area contributed by atoms with Crippen molar-refractivity contribution in [2.24, 2.45) is 0 Å². The van der Waals surface area contributed by atoms with Crippen LogP contribution in [0.3, 0.4) is 0 Å². The van der Waals surface area contributed by atoms with Crippen molar-refractivity contribution in [2.75, 3.05) is 18.8 Å². The second-order valence-corrected chi connectivity index (χ2v) is 10.6. The molecular formula is C29H34N8O2. The summed E-state index contributed by atoms with van der Waals surface area (Å²) < 4.78 is 3.94. The Labute approximate surface area is 227 Å². The third-order valence-corrected chi connectivity index (χ3v) is 8.15. The number of nitrogens with two attached hydrogens (primary N) is 1. The molecule has 4 aromatic rings. The van der Waals surface area contributed by atoms with Gasteiger partial charge in [-0.2, -0.15) is 10.2 Å². The Morgan fingerprint density at radius 3 is 2.54 bits per heavy atom. The molecule has 3 N–H and O–H groups in total. The van der Waals surface area contributed by atoms with Gasteiger partial charge in [0.25, 0.3) is 5.91 Å². The molecule has 0 atom stereocenters. The maximum absolute atomic E-state index is 13.2. The summed E-state index contributed by atoms with van der Waals surface area (Å²) in [4.78, 5) is 30.9. The zero-order valence-corrected chi connectivity index (χ0v) is 22.2. The van der Waals surface area contributed by atoms with Crippen molar-refractivity contribution >= 4 is 23.1 Å². The minimum Gasteiger partial charge on any atom is -0.382 e. The second-order valence-electron chi connectivity index (χ2n) is 10.6. The zero-order chi connectivity index (χ0) is 26.9. The van der Waals surface area contributed by atoms with Crippen LogP contribution in [0.15, 0.2) is 48.9 Å². The fraction of sp³-hybridized carbons (Fsp3) is 0.414. The monoisotopic (exact) mass is 526 g/mol. The number of carbonyl (C=O) groups excluding carboxylic acids is 2. The van der Waals surface area contributed by atoms with Gasteiger partial charge in [0.05, 0.1) is 17.4 Å². The molecule has 10 nitrogen and oxygen atoms in total. The SMILES string of the molecule is CC(=O)N1CCC(NC(=O)c2cccc(-c3cc(-c4ccnn4C4CCCCC4)c4c(N)ncnn34)c2)CC1. The van der Waals surface area contributed by atoms with E-state index in [1.165, 1.54) is 25.6 Å². The Balaban J connectivity index is 1.32. The Morgan fingerprint density at radius 1 is 0.974 bits per heavy atom. The van der Waals surface area contributed by atoms with Gasteiger partial charge in [-0.05, 0) is 49.9 Å². The highest BCUT2D eigenvalue weighted by molar-refractivity contribution is 5.96. The molecule has 0 unspecified atom stereocenters. The molecule has 1 aromatic carbocycles. The predicted molar refractivity (Wildman–Crippen MR) is 149 cm³/mol. The van der Waals surface area contributed by atoms with Crippen LogP contribution in [-0.2, 0) is 4.79 Å². The van der Waals surface area contributed by atoms with E-state index < -0.39 is 0 Å². The summed E-state index contributed by atoms with van der Waals surface area (Å²) in [5.74, 6) is 0.356. The molecule has 6 rings (SSSR count). The third-order valence-electron chi connectivity index (χ3n) is 8.15. The average molecular weight is 527 g/mol. The first-order valence-corrected chi connectivity index (χ1v) is 13.8. The molecule has 0 spiro atoms. The van der Waals surface area contributed by atoms with E-state index in [0.29, 0.717) is 30.5 Å². The number of rotatable bonds is 5. The molecule has 2 aliphatic rings. The van der Waals surface area contributed by atoms with Gasteiger partial charge in [0, 0.05) is 48.9 Å². The van der Waals surface area contributed by atoms with Crippen LogP contribution >= 0.6 is 0 Å². The van der Waals surface area contributed by atoms with Crippen molar-refractivity contribution in [1.29, 1.82) is 0 Å². The van der Waals surface area contributed by atoms with Crippen molar-refractivity contribution in [3.05, 3.63) is 54.5 Å². The number of nitrogens with one attached hydrogen (secondary N) is 1. The van der Waals surface area contributed by atoms with Crippen molar-refractivity contribution < 1.29 is 9.59 Å². The number of nitrogens with zero attached hydrogens (tertiary/aromatic N) is 6. The fourth-order valence-electron chi connectivity index (χ4n) is 6.04. The van der Waals surface area contributed by atoms with Gasteiger partial charge in [0.1, 0.15) is 11.8 Å². The van der Waals surface area contributed by atoms with Crippen molar-refractivity contribution in [3.63, 3.8) is 0 Å². The molecule has 0 radical (unpaired) electrons. The van der Waals surface area contributed by atoms with Crippen molar-refractivity contribution in [1.82, 2.24) is 34.6 Å². The van der Waals surface area contributed by atoms with Crippen LogP contribution in [-0.4, -0.2) is 60.2 Å².